The molecule has 0 spiro atoms. The normalized spacial score (nSPS) is 13.2. The van der Waals surface area contributed by atoms with Crippen LogP contribution in [0.2, 0.25) is 0 Å². The fourth-order valence-corrected chi connectivity index (χ4v) is 6.94. The van der Waals surface area contributed by atoms with Gasteiger partial charge in [-0.05, 0) is 46.6 Å². The predicted molar refractivity (Wildman–Crippen MR) is 190 cm³/mol. The van der Waals surface area contributed by atoms with Gasteiger partial charge in [-0.25, -0.2) is 0 Å². The van der Waals surface area contributed by atoms with Gasteiger partial charge in [0.25, 0.3) is 0 Å². The summed E-state index contributed by atoms with van der Waals surface area (Å²) < 4.78 is 13.1. The Morgan fingerprint density at radius 2 is 1.35 bits per heavy atom. The van der Waals surface area contributed by atoms with Gasteiger partial charge in [0.2, 0.25) is 0 Å². The monoisotopic (exact) mass is 814 g/mol. The van der Waals surface area contributed by atoms with Crippen molar-refractivity contribution in [2.75, 3.05) is 4.90 Å². The maximum Gasteiger partial charge on any atom is 3.00 e. The largest absolute Gasteiger partial charge is 3.00 e. The maximum atomic E-state index is 6.85. The third-order valence-electron chi connectivity index (χ3n) is 9.25. The Balaban J connectivity index is 0.00000348. The van der Waals surface area contributed by atoms with E-state index in [0.717, 1.165) is 62.2 Å². The van der Waals surface area contributed by atoms with Crippen molar-refractivity contribution in [2.45, 2.75) is 19.3 Å². The third-order valence-corrected chi connectivity index (χ3v) is 9.25. The number of ether oxygens (including phenoxy) is 2. The van der Waals surface area contributed by atoms with Gasteiger partial charge >= 0.3 is 22.4 Å². The zero-order valence-electron chi connectivity index (χ0n) is 26.8. The predicted octanol–water partition coefficient (Wildman–Crippen LogP) is 11.5. The minimum Gasteiger partial charge on any atom is -0.502 e. The number of aromatic nitrogens is 1. The molecule has 1 aliphatic carbocycles. The van der Waals surface area contributed by atoms with Crippen molar-refractivity contribution in [3.05, 3.63) is 169 Å². The van der Waals surface area contributed by atoms with E-state index >= 15 is 0 Å². The summed E-state index contributed by atoms with van der Waals surface area (Å²) in [5.74, 6) is 2.83. The van der Waals surface area contributed by atoms with E-state index in [-0.39, 0.29) is 27.8 Å². The molecule has 9 rings (SSSR count). The number of hydrogen-bond donors (Lipinski definition) is 0. The van der Waals surface area contributed by atoms with E-state index < -0.39 is 0 Å². The first-order chi connectivity index (χ1) is 23.5. The van der Waals surface area contributed by atoms with Crippen LogP contribution in [0.15, 0.2) is 140 Å². The molecule has 0 saturated heterocycles. The maximum absolute atomic E-state index is 6.85. The number of para-hydroxylation sites is 4. The summed E-state index contributed by atoms with van der Waals surface area (Å²) in [6.45, 7) is 4.54. The molecule has 2 aliphatic rings. The SMILES string of the molecule is CC1(C)c2ccccc2-c2c(Oc3[c-]ccc(N4c5ccccc5Oc5ccccc54)c3)[c-]c(-c3cccc(-c4[c-]cccc4)n3)cc21.[Au+3]. The molecular formula is C44H29AuN2O2. The van der Waals surface area contributed by atoms with Gasteiger partial charge in [-0.2, -0.15) is 6.07 Å². The van der Waals surface area contributed by atoms with Gasteiger partial charge in [-0.3, -0.25) is 0 Å². The standard InChI is InChI=1S/C44H29N2O2.Au/c1-44(2)34-19-7-6-18-33(34)43-35(44)26-30(37-21-13-20-36(45-37)29-14-4-3-5-15-29)27-42(43)47-32-17-12-16-31(28-32)46-38-22-8-10-24-40(38)48-41-25-11-9-23-39(41)46;/h3-14,16,18-26,28H,1-2H3;/q-3;+3. The molecule has 1 aliphatic heterocycles. The molecule has 0 radical (unpaired) electrons. The first-order valence-electron chi connectivity index (χ1n) is 16.1. The van der Waals surface area contributed by atoms with Crippen LogP contribution in [-0.4, -0.2) is 4.98 Å². The smallest absolute Gasteiger partial charge is 0.502 e. The molecule has 0 N–H and O–H groups in total. The van der Waals surface area contributed by atoms with Crippen LogP contribution >= 0.6 is 0 Å². The fourth-order valence-electron chi connectivity index (χ4n) is 6.94. The van der Waals surface area contributed by atoms with Crippen molar-refractivity contribution in [3.8, 4) is 56.6 Å². The first kappa shape index (κ1) is 30.9. The molecule has 1 aromatic heterocycles. The second kappa shape index (κ2) is 12.2. The van der Waals surface area contributed by atoms with Crippen molar-refractivity contribution >= 4 is 17.1 Å². The Labute approximate surface area is 302 Å². The van der Waals surface area contributed by atoms with E-state index in [4.69, 9.17) is 14.5 Å². The zero-order chi connectivity index (χ0) is 32.2. The number of anilines is 3. The Bertz CT molecular complexity index is 2310. The number of nitrogens with zero attached hydrogens (tertiary/aromatic N) is 2. The molecule has 0 bridgehead atoms. The van der Waals surface area contributed by atoms with Crippen LogP contribution in [0.1, 0.15) is 25.0 Å². The Morgan fingerprint density at radius 3 is 2.10 bits per heavy atom. The van der Waals surface area contributed by atoms with Gasteiger partial charge in [0.1, 0.15) is 0 Å². The Kier molecular flexibility index (Phi) is 7.73. The van der Waals surface area contributed by atoms with Crippen molar-refractivity contribution in [1.29, 1.82) is 0 Å². The number of fused-ring (bicyclic) bond motifs is 5. The van der Waals surface area contributed by atoms with E-state index in [1.165, 1.54) is 11.1 Å². The fraction of sp³-hybridized carbons (Fsp3) is 0.0682. The molecule has 0 atom stereocenters. The second-order valence-electron chi connectivity index (χ2n) is 12.5. The summed E-state index contributed by atoms with van der Waals surface area (Å²) in [4.78, 5) is 7.26. The van der Waals surface area contributed by atoms with Crippen molar-refractivity contribution in [3.63, 3.8) is 0 Å². The summed E-state index contributed by atoms with van der Waals surface area (Å²) in [5.41, 5.74) is 10.8. The summed E-state index contributed by atoms with van der Waals surface area (Å²) in [6.07, 6.45) is 0. The number of benzene rings is 6. The molecule has 0 saturated carbocycles. The Morgan fingerprint density at radius 1 is 0.653 bits per heavy atom. The quantitative estimate of drug-likeness (QED) is 0.128. The molecule has 0 fully saturated rings. The molecule has 238 valence electrons. The molecule has 5 heteroatoms. The van der Waals surface area contributed by atoms with Gasteiger partial charge in [0.15, 0.2) is 11.5 Å². The van der Waals surface area contributed by atoms with Gasteiger partial charge in [0, 0.05) is 5.75 Å². The van der Waals surface area contributed by atoms with Crippen LogP contribution in [0, 0.1) is 18.2 Å². The topological polar surface area (TPSA) is 34.6 Å². The van der Waals surface area contributed by atoms with E-state index in [1.807, 2.05) is 97.1 Å². The average Bonchev–Trinajstić information content (AvgIpc) is 3.37. The first-order valence-corrected chi connectivity index (χ1v) is 16.1. The van der Waals surface area contributed by atoms with E-state index in [9.17, 15) is 0 Å². The Hall–Kier alpha value is -5.39. The summed E-state index contributed by atoms with van der Waals surface area (Å²) in [6, 6.07) is 57.2. The average molecular weight is 815 g/mol. The zero-order valence-corrected chi connectivity index (χ0v) is 29.0. The number of rotatable bonds is 5. The molecule has 0 unspecified atom stereocenters. The summed E-state index contributed by atoms with van der Waals surface area (Å²) in [5, 5.41) is 0. The van der Waals surface area contributed by atoms with Crippen LogP contribution in [-0.2, 0) is 27.8 Å². The molecule has 7 aromatic rings. The van der Waals surface area contributed by atoms with Crippen LogP contribution in [0.3, 0.4) is 0 Å². The van der Waals surface area contributed by atoms with Gasteiger partial charge in [-0.15, -0.1) is 71.3 Å². The minimum absolute atomic E-state index is 0. The molecular weight excluding hydrogens is 785 g/mol. The summed E-state index contributed by atoms with van der Waals surface area (Å²) in [7, 11) is 0. The molecule has 2 heterocycles. The molecule has 49 heavy (non-hydrogen) atoms. The van der Waals surface area contributed by atoms with Gasteiger partial charge < -0.3 is 19.4 Å². The van der Waals surface area contributed by atoms with Crippen molar-refractivity contribution in [1.82, 2.24) is 4.98 Å². The molecule has 4 nitrogen and oxygen atoms in total. The summed E-state index contributed by atoms with van der Waals surface area (Å²) >= 11 is 0. The third kappa shape index (κ3) is 5.26. The molecule has 0 amide bonds. The van der Waals surface area contributed by atoms with E-state index in [1.54, 1.807) is 0 Å². The molecule has 6 aromatic carbocycles. The van der Waals surface area contributed by atoms with Crippen LogP contribution in [0.25, 0.3) is 33.6 Å². The minimum atomic E-state index is -0.245. The van der Waals surface area contributed by atoms with E-state index in [2.05, 4.69) is 79.4 Å². The van der Waals surface area contributed by atoms with E-state index in [0.29, 0.717) is 11.5 Å². The van der Waals surface area contributed by atoms with Gasteiger partial charge in [0.05, 0.1) is 17.1 Å². The number of pyridine rings is 1. The van der Waals surface area contributed by atoms with Crippen LogP contribution in [0.5, 0.6) is 23.0 Å². The van der Waals surface area contributed by atoms with Crippen LogP contribution in [0.4, 0.5) is 17.1 Å². The van der Waals surface area contributed by atoms with Crippen LogP contribution < -0.4 is 14.4 Å². The number of hydrogen-bond acceptors (Lipinski definition) is 4. The van der Waals surface area contributed by atoms with Crippen molar-refractivity contribution < 1.29 is 31.9 Å². The van der Waals surface area contributed by atoms with Crippen molar-refractivity contribution in [2.24, 2.45) is 0 Å². The van der Waals surface area contributed by atoms with Gasteiger partial charge in [-0.1, -0.05) is 103 Å². The second-order valence-corrected chi connectivity index (χ2v) is 12.5.